The van der Waals surface area contributed by atoms with Gasteiger partial charge in [0.25, 0.3) is 0 Å². The van der Waals surface area contributed by atoms with Crippen molar-refractivity contribution >= 4 is 23.6 Å². The van der Waals surface area contributed by atoms with Crippen molar-refractivity contribution in [2.45, 2.75) is 37.7 Å². The summed E-state index contributed by atoms with van der Waals surface area (Å²) < 4.78 is 0. The highest BCUT2D eigenvalue weighted by atomic mass is 32.2. The van der Waals surface area contributed by atoms with Gasteiger partial charge in [0.2, 0.25) is 5.91 Å². The molecular weight excluding hydrogens is 312 g/mol. The molecule has 2 fully saturated rings. The third-order valence-electron chi connectivity index (χ3n) is 4.91. The van der Waals surface area contributed by atoms with E-state index in [2.05, 4.69) is 15.6 Å². The molecule has 0 spiro atoms. The number of guanidine groups is 1. The van der Waals surface area contributed by atoms with E-state index >= 15 is 0 Å². The number of thioether (sulfide) groups is 1. The van der Waals surface area contributed by atoms with Crippen LogP contribution in [-0.4, -0.2) is 73.2 Å². The molecule has 23 heavy (non-hydrogen) atoms. The van der Waals surface area contributed by atoms with E-state index in [1.54, 1.807) is 23.7 Å². The van der Waals surface area contributed by atoms with Crippen molar-refractivity contribution in [1.82, 2.24) is 15.5 Å². The SMILES string of the molecule is CN=C(NCC1(O)CCSC1)NCC1(C(=O)N(C)C)CCCC1. The molecular formula is C16H30N4O2S. The minimum atomic E-state index is -0.646. The maximum absolute atomic E-state index is 12.6. The first-order chi connectivity index (χ1) is 10.9. The van der Waals surface area contributed by atoms with Crippen LogP contribution in [0.4, 0.5) is 0 Å². The highest BCUT2D eigenvalue weighted by Crippen LogP contribution is 2.38. The zero-order chi connectivity index (χ0) is 16.9. The van der Waals surface area contributed by atoms with Crippen LogP contribution >= 0.6 is 11.8 Å². The minimum absolute atomic E-state index is 0.198. The van der Waals surface area contributed by atoms with Crippen LogP contribution in [-0.2, 0) is 4.79 Å². The summed E-state index contributed by atoms with van der Waals surface area (Å²) in [6.07, 6.45) is 4.86. The van der Waals surface area contributed by atoms with Gasteiger partial charge in [-0.1, -0.05) is 12.8 Å². The van der Waals surface area contributed by atoms with Crippen molar-refractivity contribution < 1.29 is 9.90 Å². The molecule has 1 heterocycles. The number of aliphatic hydroxyl groups is 1. The molecule has 6 nitrogen and oxygen atoms in total. The summed E-state index contributed by atoms with van der Waals surface area (Å²) in [5.41, 5.74) is -0.964. The summed E-state index contributed by atoms with van der Waals surface area (Å²) in [5, 5.41) is 16.9. The lowest BCUT2D eigenvalue weighted by Gasteiger charge is -2.32. The molecule has 1 aliphatic heterocycles. The normalized spacial score (nSPS) is 27.0. The molecule has 1 amide bonds. The second-order valence-electron chi connectivity index (χ2n) is 6.99. The summed E-state index contributed by atoms with van der Waals surface area (Å²) in [6.45, 7) is 1.09. The van der Waals surface area contributed by atoms with Gasteiger partial charge in [-0.25, -0.2) is 0 Å². The Morgan fingerprint density at radius 2 is 1.87 bits per heavy atom. The average molecular weight is 343 g/mol. The molecule has 0 aromatic heterocycles. The molecule has 1 saturated carbocycles. The Balaban J connectivity index is 1.89. The number of amides is 1. The maximum atomic E-state index is 12.6. The zero-order valence-electron chi connectivity index (χ0n) is 14.5. The lowest BCUT2D eigenvalue weighted by molar-refractivity contribution is -0.138. The molecule has 2 aliphatic rings. The lowest BCUT2D eigenvalue weighted by Crippen LogP contribution is -2.51. The van der Waals surface area contributed by atoms with Gasteiger partial charge in [0.15, 0.2) is 5.96 Å². The van der Waals surface area contributed by atoms with Crippen molar-refractivity contribution in [3.63, 3.8) is 0 Å². The summed E-state index contributed by atoms with van der Waals surface area (Å²) in [4.78, 5) is 18.5. The van der Waals surface area contributed by atoms with Gasteiger partial charge >= 0.3 is 0 Å². The van der Waals surface area contributed by atoms with E-state index in [4.69, 9.17) is 0 Å². The van der Waals surface area contributed by atoms with Gasteiger partial charge in [0, 0.05) is 40.0 Å². The molecule has 3 N–H and O–H groups in total. The molecule has 1 saturated heterocycles. The first-order valence-electron chi connectivity index (χ1n) is 8.37. The van der Waals surface area contributed by atoms with Crippen LogP contribution in [0.2, 0.25) is 0 Å². The number of rotatable bonds is 5. The van der Waals surface area contributed by atoms with E-state index in [-0.39, 0.29) is 11.3 Å². The fraction of sp³-hybridized carbons (Fsp3) is 0.875. The van der Waals surface area contributed by atoms with Crippen LogP contribution in [0.25, 0.3) is 0 Å². The van der Waals surface area contributed by atoms with Crippen molar-refractivity contribution in [3.8, 4) is 0 Å². The van der Waals surface area contributed by atoms with E-state index in [0.717, 1.165) is 43.6 Å². The molecule has 0 bridgehead atoms. The molecule has 0 radical (unpaired) electrons. The quantitative estimate of drug-likeness (QED) is 0.506. The van der Waals surface area contributed by atoms with Crippen LogP contribution in [0, 0.1) is 5.41 Å². The Labute approximate surface area is 143 Å². The second kappa shape index (κ2) is 7.75. The Kier molecular flexibility index (Phi) is 6.19. The Hall–Kier alpha value is -0.950. The number of hydrogen-bond acceptors (Lipinski definition) is 4. The zero-order valence-corrected chi connectivity index (χ0v) is 15.3. The number of carbonyl (C=O) groups is 1. The van der Waals surface area contributed by atoms with Crippen LogP contribution in [0.3, 0.4) is 0 Å². The summed E-state index contributed by atoms with van der Waals surface area (Å²) in [7, 11) is 5.36. The second-order valence-corrected chi connectivity index (χ2v) is 8.10. The molecule has 2 rings (SSSR count). The van der Waals surface area contributed by atoms with Gasteiger partial charge in [0.1, 0.15) is 0 Å². The monoisotopic (exact) mass is 342 g/mol. The Morgan fingerprint density at radius 1 is 1.22 bits per heavy atom. The van der Waals surface area contributed by atoms with Gasteiger partial charge < -0.3 is 20.6 Å². The van der Waals surface area contributed by atoms with Gasteiger partial charge in [-0.15, -0.1) is 0 Å². The summed E-state index contributed by atoms with van der Waals surface area (Å²) >= 11 is 1.78. The summed E-state index contributed by atoms with van der Waals surface area (Å²) in [5.74, 6) is 2.63. The predicted octanol–water partition coefficient (Wildman–Crippen LogP) is 0.668. The lowest BCUT2D eigenvalue weighted by atomic mass is 9.84. The maximum Gasteiger partial charge on any atom is 0.230 e. The first kappa shape index (κ1) is 18.4. The fourth-order valence-electron chi connectivity index (χ4n) is 3.45. The third kappa shape index (κ3) is 4.53. The molecule has 1 unspecified atom stereocenters. The highest BCUT2D eigenvalue weighted by molar-refractivity contribution is 7.99. The van der Waals surface area contributed by atoms with E-state index in [9.17, 15) is 9.90 Å². The van der Waals surface area contributed by atoms with E-state index in [0.29, 0.717) is 19.0 Å². The van der Waals surface area contributed by atoms with E-state index in [1.165, 1.54) is 0 Å². The van der Waals surface area contributed by atoms with Crippen LogP contribution in [0.1, 0.15) is 32.1 Å². The van der Waals surface area contributed by atoms with Crippen LogP contribution in [0.15, 0.2) is 4.99 Å². The van der Waals surface area contributed by atoms with E-state index in [1.807, 2.05) is 14.1 Å². The van der Waals surface area contributed by atoms with Gasteiger partial charge in [0.05, 0.1) is 11.0 Å². The molecule has 0 aromatic carbocycles. The van der Waals surface area contributed by atoms with Crippen molar-refractivity contribution in [1.29, 1.82) is 0 Å². The molecule has 7 heteroatoms. The Bertz CT molecular complexity index is 441. The smallest absolute Gasteiger partial charge is 0.230 e. The Morgan fingerprint density at radius 3 is 2.39 bits per heavy atom. The minimum Gasteiger partial charge on any atom is -0.387 e. The van der Waals surface area contributed by atoms with Crippen molar-refractivity contribution in [3.05, 3.63) is 0 Å². The average Bonchev–Trinajstić information content (AvgIpc) is 3.17. The fourth-order valence-corrected chi connectivity index (χ4v) is 4.75. The number of nitrogens with zero attached hydrogens (tertiary/aromatic N) is 2. The number of carbonyl (C=O) groups excluding carboxylic acids is 1. The highest BCUT2D eigenvalue weighted by Gasteiger charge is 2.42. The molecule has 1 aliphatic carbocycles. The number of hydrogen-bond donors (Lipinski definition) is 3. The van der Waals surface area contributed by atoms with Crippen LogP contribution < -0.4 is 10.6 Å². The topological polar surface area (TPSA) is 77.0 Å². The predicted molar refractivity (Wildman–Crippen MR) is 95.9 cm³/mol. The molecule has 1 atom stereocenters. The van der Waals surface area contributed by atoms with Crippen LogP contribution in [0.5, 0.6) is 0 Å². The van der Waals surface area contributed by atoms with Crippen molar-refractivity contribution in [2.75, 3.05) is 45.7 Å². The standard InChI is InChI=1S/C16H30N4O2S/c1-17-14(19-11-16(22)8-9-23-12-16)18-10-15(6-4-5-7-15)13(21)20(2)3/h22H,4-12H2,1-3H3,(H2,17,18,19). The largest absolute Gasteiger partial charge is 0.387 e. The van der Waals surface area contributed by atoms with Gasteiger partial charge in [-0.3, -0.25) is 9.79 Å². The number of nitrogens with one attached hydrogen (secondary N) is 2. The van der Waals surface area contributed by atoms with Gasteiger partial charge in [-0.05, 0) is 25.0 Å². The first-order valence-corrected chi connectivity index (χ1v) is 9.53. The molecule has 0 aromatic rings. The van der Waals surface area contributed by atoms with Gasteiger partial charge in [-0.2, -0.15) is 11.8 Å². The summed E-state index contributed by atoms with van der Waals surface area (Å²) in [6, 6.07) is 0. The third-order valence-corrected chi connectivity index (χ3v) is 6.14. The number of aliphatic imine (C=N–C) groups is 1. The molecule has 132 valence electrons. The van der Waals surface area contributed by atoms with Crippen molar-refractivity contribution in [2.24, 2.45) is 10.4 Å². The van der Waals surface area contributed by atoms with E-state index < -0.39 is 5.60 Å².